The van der Waals surface area contributed by atoms with E-state index in [2.05, 4.69) is 5.10 Å². The minimum atomic E-state index is -0.534. The summed E-state index contributed by atoms with van der Waals surface area (Å²) in [6, 6.07) is 4.52. The number of methoxy groups -OCH3 is 1. The number of nitrogens with zero attached hydrogens (tertiary/aromatic N) is 2. The maximum atomic E-state index is 14.0. The first-order valence-electron chi connectivity index (χ1n) is 6.38. The number of carbonyl (C=O) groups is 1. The third-order valence-electron chi connectivity index (χ3n) is 3.06. The predicted octanol–water partition coefficient (Wildman–Crippen LogP) is 3.15. The van der Waals surface area contributed by atoms with Gasteiger partial charge in [0.15, 0.2) is 11.4 Å². The Labute approximate surface area is 117 Å². The molecule has 0 unspecified atom stereocenters. The predicted molar refractivity (Wildman–Crippen MR) is 73.7 cm³/mol. The van der Waals surface area contributed by atoms with E-state index in [1.54, 1.807) is 17.7 Å². The second-order valence-corrected chi connectivity index (χ2v) is 4.91. The standard InChI is InChI=1S/C15H17FN2O2/c1-9(2)18-14(13(20-4)8-17-18)15(19)11-6-5-10(3)7-12(11)16/h5-9H,1-4H3. The van der Waals surface area contributed by atoms with Crippen LogP contribution >= 0.6 is 0 Å². The topological polar surface area (TPSA) is 44.1 Å². The molecule has 5 heteroatoms. The molecule has 2 aromatic rings. The highest BCUT2D eigenvalue weighted by molar-refractivity contribution is 6.09. The van der Waals surface area contributed by atoms with Gasteiger partial charge in [0.1, 0.15) is 5.82 Å². The molecule has 4 nitrogen and oxygen atoms in total. The van der Waals surface area contributed by atoms with E-state index >= 15 is 0 Å². The number of hydrogen-bond donors (Lipinski definition) is 0. The maximum Gasteiger partial charge on any atom is 0.217 e. The molecule has 0 aliphatic heterocycles. The van der Waals surface area contributed by atoms with Crippen molar-refractivity contribution in [3.63, 3.8) is 0 Å². The quantitative estimate of drug-likeness (QED) is 0.806. The lowest BCUT2D eigenvalue weighted by Gasteiger charge is -2.12. The smallest absolute Gasteiger partial charge is 0.217 e. The van der Waals surface area contributed by atoms with E-state index in [1.807, 2.05) is 13.8 Å². The number of ether oxygens (including phenoxy) is 1. The Morgan fingerprint density at radius 1 is 1.40 bits per heavy atom. The van der Waals surface area contributed by atoms with Crippen LogP contribution in [-0.2, 0) is 0 Å². The molecule has 0 aliphatic carbocycles. The van der Waals surface area contributed by atoms with E-state index in [-0.39, 0.29) is 17.3 Å². The summed E-state index contributed by atoms with van der Waals surface area (Å²) >= 11 is 0. The van der Waals surface area contributed by atoms with Gasteiger partial charge in [-0.25, -0.2) is 4.39 Å². The molecule has 2 rings (SSSR count). The van der Waals surface area contributed by atoms with Crippen molar-refractivity contribution < 1.29 is 13.9 Å². The van der Waals surface area contributed by atoms with E-state index in [0.717, 1.165) is 5.56 Å². The van der Waals surface area contributed by atoms with Crippen LogP contribution in [0.15, 0.2) is 24.4 Å². The van der Waals surface area contributed by atoms with E-state index < -0.39 is 11.6 Å². The monoisotopic (exact) mass is 276 g/mol. The molecule has 0 aliphatic rings. The molecule has 0 saturated carbocycles. The Kier molecular flexibility index (Phi) is 3.88. The normalized spacial score (nSPS) is 10.9. The van der Waals surface area contributed by atoms with Gasteiger partial charge < -0.3 is 4.74 Å². The first-order chi connectivity index (χ1) is 9.45. The summed E-state index contributed by atoms with van der Waals surface area (Å²) in [6.07, 6.45) is 1.47. The van der Waals surface area contributed by atoms with Gasteiger partial charge in [-0.15, -0.1) is 0 Å². The lowest BCUT2D eigenvalue weighted by Crippen LogP contribution is -2.15. The van der Waals surface area contributed by atoms with Crippen molar-refractivity contribution >= 4 is 5.78 Å². The zero-order valence-electron chi connectivity index (χ0n) is 12.0. The summed E-state index contributed by atoms with van der Waals surface area (Å²) < 4.78 is 20.7. The van der Waals surface area contributed by atoms with E-state index in [0.29, 0.717) is 5.75 Å². The van der Waals surface area contributed by atoms with Crippen molar-refractivity contribution in [1.82, 2.24) is 9.78 Å². The van der Waals surface area contributed by atoms with Crippen LogP contribution in [0.3, 0.4) is 0 Å². The van der Waals surface area contributed by atoms with Crippen molar-refractivity contribution in [1.29, 1.82) is 0 Å². The molecule has 1 heterocycles. The number of ketones is 1. The van der Waals surface area contributed by atoms with Crippen molar-refractivity contribution in [2.45, 2.75) is 26.8 Å². The molecule has 1 aromatic carbocycles. The van der Waals surface area contributed by atoms with E-state index in [9.17, 15) is 9.18 Å². The van der Waals surface area contributed by atoms with Crippen LogP contribution in [0.2, 0.25) is 0 Å². The number of aryl methyl sites for hydroxylation is 1. The van der Waals surface area contributed by atoms with E-state index in [1.165, 1.54) is 25.4 Å². The fourth-order valence-electron chi connectivity index (χ4n) is 2.04. The summed E-state index contributed by atoms with van der Waals surface area (Å²) in [5, 5.41) is 4.13. The van der Waals surface area contributed by atoms with Crippen molar-refractivity contribution in [2.75, 3.05) is 7.11 Å². The Hall–Kier alpha value is -2.17. The molecule has 0 amide bonds. The molecule has 20 heavy (non-hydrogen) atoms. The molecule has 0 atom stereocenters. The molecule has 0 spiro atoms. The largest absolute Gasteiger partial charge is 0.493 e. The van der Waals surface area contributed by atoms with Gasteiger partial charge in [0.25, 0.3) is 0 Å². The Morgan fingerprint density at radius 2 is 2.10 bits per heavy atom. The number of hydrogen-bond acceptors (Lipinski definition) is 3. The molecule has 0 radical (unpaired) electrons. The second-order valence-electron chi connectivity index (χ2n) is 4.91. The van der Waals surface area contributed by atoms with Crippen molar-refractivity contribution in [2.24, 2.45) is 0 Å². The fraction of sp³-hybridized carbons (Fsp3) is 0.333. The van der Waals surface area contributed by atoms with Crippen molar-refractivity contribution in [3.05, 3.63) is 47.0 Å². The molecule has 0 N–H and O–H groups in total. The van der Waals surface area contributed by atoms with Gasteiger partial charge in [-0.05, 0) is 38.5 Å². The van der Waals surface area contributed by atoms with Crippen molar-refractivity contribution in [3.8, 4) is 5.75 Å². The first-order valence-corrected chi connectivity index (χ1v) is 6.38. The number of halogens is 1. The Bertz CT molecular complexity index is 647. The minimum Gasteiger partial charge on any atom is -0.493 e. The van der Waals surface area contributed by atoms with Crippen LogP contribution in [0.5, 0.6) is 5.75 Å². The van der Waals surface area contributed by atoms with Gasteiger partial charge in [-0.3, -0.25) is 9.48 Å². The molecular formula is C15H17FN2O2. The number of carbonyl (C=O) groups excluding carboxylic acids is 1. The lowest BCUT2D eigenvalue weighted by atomic mass is 10.0. The van der Waals surface area contributed by atoms with Crippen LogP contribution < -0.4 is 4.74 Å². The third-order valence-corrected chi connectivity index (χ3v) is 3.06. The van der Waals surface area contributed by atoms with Gasteiger partial charge >= 0.3 is 0 Å². The minimum absolute atomic E-state index is 0.0219. The highest BCUT2D eigenvalue weighted by Crippen LogP contribution is 2.25. The summed E-state index contributed by atoms with van der Waals surface area (Å²) in [7, 11) is 1.46. The zero-order chi connectivity index (χ0) is 14.9. The first kappa shape index (κ1) is 14.2. The molecular weight excluding hydrogens is 259 g/mol. The second kappa shape index (κ2) is 5.45. The Morgan fingerprint density at radius 3 is 2.65 bits per heavy atom. The van der Waals surface area contributed by atoms with Gasteiger partial charge in [0.2, 0.25) is 5.78 Å². The summed E-state index contributed by atoms with van der Waals surface area (Å²) in [6.45, 7) is 5.57. The molecule has 0 bridgehead atoms. The average molecular weight is 276 g/mol. The molecule has 1 aromatic heterocycles. The van der Waals surface area contributed by atoms with Crippen LogP contribution in [-0.4, -0.2) is 22.7 Å². The van der Waals surface area contributed by atoms with Gasteiger partial charge in [-0.2, -0.15) is 5.10 Å². The Balaban J connectivity index is 2.55. The molecule has 0 fully saturated rings. The lowest BCUT2D eigenvalue weighted by molar-refractivity contribution is 0.102. The summed E-state index contributed by atoms with van der Waals surface area (Å²) in [5.41, 5.74) is 1.06. The van der Waals surface area contributed by atoms with Crippen LogP contribution in [0.1, 0.15) is 41.5 Å². The van der Waals surface area contributed by atoms with Crippen LogP contribution in [0.4, 0.5) is 4.39 Å². The van der Waals surface area contributed by atoms with Crippen LogP contribution in [0.25, 0.3) is 0 Å². The van der Waals surface area contributed by atoms with Crippen LogP contribution in [0, 0.1) is 12.7 Å². The number of aromatic nitrogens is 2. The molecule has 0 saturated heterocycles. The highest BCUT2D eigenvalue weighted by Gasteiger charge is 2.24. The van der Waals surface area contributed by atoms with Gasteiger partial charge in [0.05, 0.1) is 18.9 Å². The van der Waals surface area contributed by atoms with E-state index in [4.69, 9.17) is 4.74 Å². The third kappa shape index (κ3) is 2.43. The maximum absolute atomic E-state index is 14.0. The van der Waals surface area contributed by atoms with Gasteiger partial charge in [0, 0.05) is 6.04 Å². The zero-order valence-corrected chi connectivity index (χ0v) is 12.0. The summed E-state index contributed by atoms with van der Waals surface area (Å²) in [4.78, 5) is 12.6. The molecule has 106 valence electrons. The number of rotatable bonds is 4. The highest BCUT2D eigenvalue weighted by atomic mass is 19.1. The summed E-state index contributed by atoms with van der Waals surface area (Å²) in [5.74, 6) is -0.609. The van der Waals surface area contributed by atoms with Gasteiger partial charge in [-0.1, -0.05) is 6.07 Å². The average Bonchev–Trinajstić information content (AvgIpc) is 2.81. The fourth-order valence-corrected chi connectivity index (χ4v) is 2.04. The SMILES string of the molecule is COc1cnn(C(C)C)c1C(=O)c1ccc(C)cc1F. The number of benzene rings is 1.